The largest absolute Gasteiger partial charge is 0.493 e. The number of halogens is 3. The highest BCUT2D eigenvalue weighted by Crippen LogP contribution is 2.39. The van der Waals surface area contributed by atoms with E-state index >= 15 is 0 Å². The van der Waals surface area contributed by atoms with E-state index in [-0.39, 0.29) is 27.0 Å². The molecule has 0 atom stereocenters. The number of hydrogen-bond acceptors (Lipinski definition) is 8. The van der Waals surface area contributed by atoms with Crippen LogP contribution in [0.5, 0.6) is 17.2 Å². The minimum atomic E-state index is -5.54. The molecule has 2 heterocycles. The van der Waals surface area contributed by atoms with Crippen molar-refractivity contribution in [3.05, 3.63) is 59.4 Å². The second-order valence-electron chi connectivity index (χ2n) is 8.16. The van der Waals surface area contributed by atoms with E-state index in [0.29, 0.717) is 12.4 Å². The molecule has 2 aromatic heterocycles. The van der Waals surface area contributed by atoms with E-state index in [4.69, 9.17) is 9.47 Å². The minimum absolute atomic E-state index is 0.109. The summed E-state index contributed by atoms with van der Waals surface area (Å²) < 4.78 is 80.0. The van der Waals surface area contributed by atoms with Crippen molar-refractivity contribution in [2.45, 2.75) is 24.5 Å². The number of aromatic nitrogens is 4. The molecule has 0 saturated carbocycles. The number of carbonyl (C=O) groups excluding carboxylic acids is 1. The number of benzene rings is 2. The number of nitrogens with zero attached hydrogens (tertiary/aromatic N) is 4. The zero-order valence-corrected chi connectivity index (χ0v) is 21.5. The van der Waals surface area contributed by atoms with Crippen LogP contribution < -0.4 is 19.6 Å². The second-order valence-corrected chi connectivity index (χ2v) is 9.88. The highest BCUT2D eigenvalue weighted by atomic mass is 32.2. The van der Waals surface area contributed by atoms with Gasteiger partial charge in [-0.05, 0) is 24.6 Å². The molecular formula is C23H22F3N5O7S. The molecule has 1 N–H and O–H groups in total. The molecular weight excluding hydrogens is 547 g/mol. The van der Waals surface area contributed by atoms with Crippen molar-refractivity contribution >= 4 is 32.7 Å². The summed E-state index contributed by atoms with van der Waals surface area (Å²) in [7, 11) is -2.20. The van der Waals surface area contributed by atoms with E-state index in [9.17, 15) is 31.2 Å². The molecule has 0 aliphatic heterocycles. The number of nitrogens with one attached hydrogen (secondary N) is 1. The lowest BCUT2D eigenvalue weighted by Gasteiger charge is -2.24. The molecule has 0 spiro atoms. The minimum Gasteiger partial charge on any atom is -0.493 e. The Morgan fingerprint density at radius 2 is 1.77 bits per heavy atom. The quantitative estimate of drug-likeness (QED) is 0.303. The standard InChI is InChI=1S/C23H22F3N5O7S/c1-4-8-36-14-6-5-7-15(9-14)37-19-11-17-16(29(2)22(33)30(17)3)10-18(19)31(38-21(32)23(24,25)26)39(34,35)20-12-27-13-28-20/h5-7,9-13H,4,8H2,1-3H3,(H,27,28). The van der Waals surface area contributed by atoms with Gasteiger partial charge in [0.05, 0.1) is 30.2 Å². The zero-order valence-electron chi connectivity index (χ0n) is 20.7. The van der Waals surface area contributed by atoms with Gasteiger partial charge in [-0.25, -0.2) is 14.6 Å². The fourth-order valence-corrected chi connectivity index (χ4v) is 4.68. The van der Waals surface area contributed by atoms with E-state index in [0.717, 1.165) is 29.6 Å². The summed E-state index contributed by atoms with van der Waals surface area (Å²) in [6.45, 7) is 2.30. The van der Waals surface area contributed by atoms with Gasteiger partial charge < -0.3 is 19.3 Å². The maximum Gasteiger partial charge on any atom is 0.493 e. The summed E-state index contributed by atoms with van der Waals surface area (Å²) in [6, 6.07) is 8.49. The number of H-pyrrole nitrogens is 1. The molecule has 208 valence electrons. The SMILES string of the molecule is CCCOc1cccc(Oc2cc3c(cc2N(OC(=O)C(F)(F)F)S(=O)(=O)c2cnc[nH]2)n(C)c(=O)n3C)c1. The number of aromatic amines is 1. The molecule has 4 rings (SSSR count). The van der Waals surface area contributed by atoms with Crippen LogP contribution in [0.4, 0.5) is 18.9 Å². The molecule has 0 unspecified atom stereocenters. The summed E-state index contributed by atoms with van der Waals surface area (Å²) in [4.78, 5) is 34.7. The van der Waals surface area contributed by atoms with Gasteiger partial charge in [0.25, 0.3) is 0 Å². The molecule has 0 radical (unpaired) electrons. The normalized spacial score (nSPS) is 11.9. The third kappa shape index (κ3) is 5.41. The average molecular weight is 570 g/mol. The molecule has 0 amide bonds. The Morgan fingerprint density at radius 3 is 2.38 bits per heavy atom. The number of hydrogen-bond donors (Lipinski definition) is 1. The maximum absolute atomic E-state index is 13.4. The van der Waals surface area contributed by atoms with Gasteiger partial charge in [0, 0.05) is 26.2 Å². The summed E-state index contributed by atoms with van der Waals surface area (Å²) in [5.41, 5.74) is -0.785. The monoisotopic (exact) mass is 569 g/mol. The molecule has 39 heavy (non-hydrogen) atoms. The van der Waals surface area contributed by atoms with Crippen LogP contribution in [0.2, 0.25) is 0 Å². The molecule has 4 aromatic rings. The first-order valence-electron chi connectivity index (χ1n) is 11.3. The Hall–Kier alpha value is -4.47. The Balaban J connectivity index is 1.95. The van der Waals surface area contributed by atoms with Crippen molar-refractivity contribution in [1.29, 1.82) is 0 Å². The van der Waals surface area contributed by atoms with Crippen LogP contribution >= 0.6 is 0 Å². The van der Waals surface area contributed by atoms with E-state index in [1.54, 1.807) is 12.1 Å². The fourth-order valence-electron chi connectivity index (χ4n) is 3.54. The van der Waals surface area contributed by atoms with Crippen molar-refractivity contribution in [3.63, 3.8) is 0 Å². The van der Waals surface area contributed by atoms with Gasteiger partial charge in [-0.1, -0.05) is 17.5 Å². The van der Waals surface area contributed by atoms with Crippen LogP contribution in [0.15, 0.2) is 58.7 Å². The summed E-state index contributed by atoms with van der Waals surface area (Å²) in [5, 5.41) is -0.680. The van der Waals surface area contributed by atoms with Gasteiger partial charge in [-0.3, -0.25) is 9.13 Å². The average Bonchev–Trinajstić information content (AvgIpc) is 3.50. The Kier molecular flexibility index (Phi) is 7.32. The van der Waals surface area contributed by atoms with Crippen molar-refractivity contribution in [2.24, 2.45) is 14.1 Å². The zero-order chi connectivity index (χ0) is 28.5. The smallest absolute Gasteiger partial charge is 0.493 e. The van der Waals surface area contributed by atoms with Gasteiger partial charge in [-0.15, -0.1) is 0 Å². The lowest BCUT2D eigenvalue weighted by Crippen LogP contribution is -2.39. The summed E-state index contributed by atoms with van der Waals surface area (Å²) in [5.74, 6) is -2.64. The number of sulfonamides is 1. The van der Waals surface area contributed by atoms with Crippen LogP contribution in [-0.4, -0.2) is 46.3 Å². The molecule has 0 aliphatic rings. The topological polar surface area (TPSA) is 138 Å². The van der Waals surface area contributed by atoms with E-state index in [2.05, 4.69) is 14.8 Å². The van der Waals surface area contributed by atoms with Gasteiger partial charge in [0.2, 0.25) is 0 Å². The van der Waals surface area contributed by atoms with Crippen LogP contribution in [0.3, 0.4) is 0 Å². The molecule has 2 aromatic carbocycles. The lowest BCUT2D eigenvalue weighted by molar-refractivity contribution is -0.199. The highest BCUT2D eigenvalue weighted by Gasteiger charge is 2.46. The first-order valence-corrected chi connectivity index (χ1v) is 12.7. The lowest BCUT2D eigenvalue weighted by atomic mass is 10.2. The number of aryl methyl sites for hydroxylation is 2. The highest BCUT2D eigenvalue weighted by molar-refractivity contribution is 7.92. The third-order valence-electron chi connectivity index (χ3n) is 5.42. The molecule has 16 heteroatoms. The van der Waals surface area contributed by atoms with E-state index in [1.165, 1.54) is 36.9 Å². The van der Waals surface area contributed by atoms with Crippen LogP contribution in [0.1, 0.15) is 13.3 Å². The first-order chi connectivity index (χ1) is 18.3. The number of ether oxygens (including phenoxy) is 2. The van der Waals surface area contributed by atoms with Gasteiger partial charge in [0.1, 0.15) is 17.2 Å². The van der Waals surface area contributed by atoms with Crippen molar-refractivity contribution in [1.82, 2.24) is 19.1 Å². The van der Waals surface area contributed by atoms with Crippen molar-refractivity contribution in [3.8, 4) is 17.2 Å². The predicted molar refractivity (Wildman–Crippen MR) is 131 cm³/mol. The van der Waals surface area contributed by atoms with E-state index in [1.807, 2.05) is 6.92 Å². The Labute approximate surface area is 219 Å². The summed E-state index contributed by atoms with van der Waals surface area (Å²) in [6.07, 6.45) is -3.04. The number of imidazole rings is 2. The van der Waals surface area contributed by atoms with Gasteiger partial charge in [-0.2, -0.15) is 21.6 Å². The van der Waals surface area contributed by atoms with Crippen molar-refractivity contribution < 1.29 is 40.7 Å². The Bertz CT molecular complexity index is 1680. The maximum atomic E-state index is 13.4. The molecule has 0 saturated heterocycles. The molecule has 0 fully saturated rings. The third-order valence-corrected chi connectivity index (χ3v) is 6.91. The molecule has 12 nitrogen and oxygen atoms in total. The van der Waals surface area contributed by atoms with Crippen LogP contribution in [0, 0.1) is 0 Å². The first kappa shape index (κ1) is 27.6. The number of anilines is 1. The second kappa shape index (κ2) is 10.4. The number of carbonyl (C=O) groups is 1. The van der Waals surface area contributed by atoms with Gasteiger partial charge >= 0.3 is 27.9 Å². The number of alkyl halides is 3. The molecule has 0 bridgehead atoms. The predicted octanol–water partition coefficient (Wildman–Crippen LogP) is 3.40. The van der Waals surface area contributed by atoms with E-state index < -0.39 is 38.6 Å². The van der Waals surface area contributed by atoms with Crippen molar-refractivity contribution in [2.75, 3.05) is 11.1 Å². The van der Waals surface area contributed by atoms with Crippen LogP contribution in [0.25, 0.3) is 11.0 Å². The van der Waals surface area contributed by atoms with Crippen LogP contribution in [-0.2, 0) is 33.8 Å². The van der Waals surface area contributed by atoms with Gasteiger partial charge in [0.15, 0.2) is 10.8 Å². The Morgan fingerprint density at radius 1 is 1.10 bits per heavy atom. The molecule has 0 aliphatic carbocycles. The fraction of sp³-hybridized carbons (Fsp3) is 0.261. The number of rotatable bonds is 9. The number of fused-ring (bicyclic) bond motifs is 1. The summed E-state index contributed by atoms with van der Waals surface area (Å²) >= 11 is 0.